The van der Waals surface area contributed by atoms with Crippen molar-refractivity contribution in [2.45, 2.75) is 25.8 Å². The van der Waals surface area contributed by atoms with Gasteiger partial charge in [0.15, 0.2) is 17.5 Å². The van der Waals surface area contributed by atoms with Crippen LogP contribution in [0.15, 0.2) is 47.5 Å². The Labute approximate surface area is 191 Å². The maximum absolute atomic E-state index is 5.43. The summed E-state index contributed by atoms with van der Waals surface area (Å²) < 4.78 is 16.0. The van der Waals surface area contributed by atoms with Crippen LogP contribution in [-0.4, -0.2) is 40.9 Å². The fraction of sp³-hybridized carbons (Fsp3) is 0.409. The van der Waals surface area contributed by atoms with Crippen LogP contribution in [0.5, 0.6) is 17.2 Å². The Bertz CT molecular complexity index is 810. The quantitative estimate of drug-likeness (QED) is 0.318. The van der Waals surface area contributed by atoms with E-state index in [1.807, 2.05) is 30.3 Å². The van der Waals surface area contributed by atoms with Gasteiger partial charge >= 0.3 is 0 Å². The Hall–Kier alpha value is -2.16. The molecular weight excluding hydrogens is 481 g/mol. The Morgan fingerprint density at radius 2 is 1.66 bits per heavy atom. The number of hydrogen-bond acceptors (Lipinski definition) is 4. The molecule has 0 saturated heterocycles. The third kappa shape index (κ3) is 6.99. The molecule has 0 aromatic heterocycles. The van der Waals surface area contributed by atoms with Gasteiger partial charge in [-0.3, -0.25) is 4.99 Å². The first kappa shape index (κ1) is 24.9. The topological polar surface area (TPSA) is 64.1 Å². The summed E-state index contributed by atoms with van der Waals surface area (Å²) in [5.41, 5.74) is 2.15. The van der Waals surface area contributed by atoms with Gasteiger partial charge in [-0.2, -0.15) is 0 Å². The van der Waals surface area contributed by atoms with E-state index in [1.165, 1.54) is 0 Å². The number of rotatable bonds is 8. The summed E-state index contributed by atoms with van der Waals surface area (Å²) in [5.74, 6) is 3.05. The lowest BCUT2D eigenvalue weighted by atomic mass is 9.84. The summed E-state index contributed by atoms with van der Waals surface area (Å²) in [4.78, 5) is 4.32. The maximum atomic E-state index is 5.43. The average Bonchev–Trinajstić information content (AvgIpc) is 2.73. The molecule has 0 saturated carbocycles. The highest BCUT2D eigenvalue weighted by atomic mass is 127. The normalized spacial score (nSPS) is 11.3. The molecule has 2 aromatic carbocycles. The maximum Gasteiger partial charge on any atom is 0.191 e. The minimum Gasteiger partial charge on any atom is -0.497 e. The van der Waals surface area contributed by atoms with Crippen LogP contribution >= 0.6 is 24.0 Å². The van der Waals surface area contributed by atoms with E-state index >= 15 is 0 Å². The largest absolute Gasteiger partial charge is 0.497 e. The van der Waals surface area contributed by atoms with Gasteiger partial charge in [0, 0.05) is 25.6 Å². The average molecular weight is 513 g/mol. The van der Waals surface area contributed by atoms with Crippen molar-refractivity contribution in [3.63, 3.8) is 0 Å². The van der Waals surface area contributed by atoms with Gasteiger partial charge < -0.3 is 24.8 Å². The number of nitrogens with one attached hydrogen (secondary N) is 2. The Morgan fingerprint density at radius 1 is 0.931 bits per heavy atom. The molecule has 0 heterocycles. The van der Waals surface area contributed by atoms with Crippen molar-refractivity contribution in [1.29, 1.82) is 0 Å². The summed E-state index contributed by atoms with van der Waals surface area (Å²) in [5, 5.41) is 6.75. The molecule has 0 radical (unpaired) electrons. The van der Waals surface area contributed by atoms with Crippen LogP contribution in [0.25, 0.3) is 0 Å². The lowest BCUT2D eigenvalue weighted by Gasteiger charge is -2.27. The van der Waals surface area contributed by atoms with Gasteiger partial charge in [-0.15, -0.1) is 24.0 Å². The van der Waals surface area contributed by atoms with Crippen LogP contribution in [-0.2, 0) is 12.0 Å². The smallest absolute Gasteiger partial charge is 0.191 e. The molecule has 2 rings (SSSR count). The van der Waals surface area contributed by atoms with Crippen LogP contribution in [0.1, 0.15) is 25.0 Å². The highest BCUT2D eigenvalue weighted by Gasteiger charge is 2.22. The van der Waals surface area contributed by atoms with Crippen molar-refractivity contribution in [1.82, 2.24) is 10.6 Å². The third-order valence-corrected chi connectivity index (χ3v) is 4.68. The van der Waals surface area contributed by atoms with Crippen molar-refractivity contribution in [2.24, 2.45) is 4.99 Å². The van der Waals surface area contributed by atoms with Crippen LogP contribution in [0.2, 0.25) is 0 Å². The van der Waals surface area contributed by atoms with Crippen molar-refractivity contribution >= 4 is 29.9 Å². The Morgan fingerprint density at radius 3 is 2.28 bits per heavy atom. The van der Waals surface area contributed by atoms with Crippen molar-refractivity contribution in [2.75, 3.05) is 34.9 Å². The van der Waals surface area contributed by atoms with Crippen molar-refractivity contribution in [3.8, 4) is 17.2 Å². The second-order valence-electron chi connectivity index (χ2n) is 7.08. The molecule has 0 aliphatic carbocycles. The minimum atomic E-state index is -0.132. The molecule has 0 amide bonds. The molecule has 0 spiro atoms. The molecule has 0 atom stereocenters. The van der Waals surface area contributed by atoms with E-state index in [4.69, 9.17) is 14.2 Å². The molecule has 0 fully saturated rings. The van der Waals surface area contributed by atoms with Gasteiger partial charge in [0.2, 0.25) is 0 Å². The van der Waals surface area contributed by atoms with Gasteiger partial charge in [0.25, 0.3) is 0 Å². The number of hydrogen-bond donors (Lipinski definition) is 2. The van der Waals surface area contributed by atoms with E-state index in [0.717, 1.165) is 34.3 Å². The van der Waals surface area contributed by atoms with Crippen LogP contribution in [0, 0.1) is 0 Å². The molecule has 0 bridgehead atoms. The van der Waals surface area contributed by atoms with E-state index in [0.29, 0.717) is 13.1 Å². The highest BCUT2D eigenvalue weighted by molar-refractivity contribution is 14.0. The molecule has 160 valence electrons. The molecular formula is C22H32IN3O3. The molecule has 6 nitrogen and oxygen atoms in total. The highest BCUT2D eigenvalue weighted by Crippen LogP contribution is 2.32. The van der Waals surface area contributed by atoms with E-state index in [1.54, 1.807) is 28.4 Å². The predicted molar refractivity (Wildman–Crippen MR) is 129 cm³/mol. The first-order chi connectivity index (χ1) is 13.4. The lowest BCUT2D eigenvalue weighted by Crippen LogP contribution is -2.43. The predicted octanol–water partition coefficient (Wildman–Crippen LogP) is 3.97. The van der Waals surface area contributed by atoms with Gasteiger partial charge in [-0.25, -0.2) is 0 Å². The number of benzene rings is 2. The van der Waals surface area contributed by atoms with Gasteiger partial charge in [-0.1, -0.05) is 32.0 Å². The molecule has 2 N–H and O–H groups in total. The minimum absolute atomic E-state index is 0. The standard InChI is InChI=1S/C22H31N3O3.HI/c1-22(2,17-10-11-19(27-5)20(13-17)28-6)15-25-21(23-3)24-14-16-8-7-9-18(12-16)26-4;/h7-13H,14-15H2,1-6H3,(H2,23,24,25);1H. The Kier molecular flexibility index (Phi) is 10.1. The number of guanidine groups is 1. The first-order valence-electron chi connectivity index (χ1n) is 9.23. The second-order valence-corrected chi connectivity index (χ2v) is 7.08. The number of halogens is 1. The fourth-order valence-corrected chi connectivity index (χ4v) is 2.85. The van der Waals surface area contributed by atoms with E-state index in [-0.39, 0.29) is 29.4 Å². The number of methoxy groups -OCH3 is 3. The lowest BCUT2D eigenvalue weighted by molar-refractivity contribution is 0.353. The van der Waals surface area contributed by atoms with Gasteiger partial charge in [-0.05, 0) is 35.4 Å². The van der Waals surface area contributed by atoms with Crippen LogP contribution in [0.3, 0.4) is 0 Å². The van der Waals surface area contributed by atoms with E-state index in [9.17, 15) is 0 Å². The summed E-state index contributed by atoms with van der Waals surface area (Å²) in [7, 11) is 6.73. The summed E-state index contributed by atoms with van der Waals surface area (Å²) in [6.07, 6.45) is 0. The fourth-order valence-electron chi connectivity index (χ4n) is 2.85. The number of nitrogens with zero attached hydrogens (tertiary/aromatic N) is 1. The zero-order chi connectivity index (χ0) is 20.6. The first-order valence-corrected chi connectivity index (χ1v) is 9.23. The number of ether oxygens (including phenoxy) is 3. The summed E-state index contributed by atoms with van der Waals surface area (Å²) in [6.45, 7) is 5.72. The van der Waals surface area contributed by atoms with Gasteiger partial charge in [0.1, 0.15) is 5.75 Å². The summed E-state index contributed by atoms with van der Waals surface area (Å²) in [6, 6.07) is 14.0. The van der Waals surface area contributed by atoms with E-state index < -0.39 is 0 Å². The molecule has 0 unspecified atom stereocenters. The monoisotopic (exact) mass is 513 g/mol. The molecule has 2 aromatic rings. The molecule has 0 aliphatic rings. The van der Waals surface area contributed by atoms with Crippen LogP contribution < -0.4 is 24.8 Å². The zero-order valence-electron chi connectivity index (χ0n) is 18.0. The molecule has 0 aliphatic heterocycles. The second kappa shape index (κ2) is 11.7. The molecule has 29 heavy (non-hydrogen) atoms. The van der Waals surface area contributed by atoms with Crippen molar-refractivity contribution in [3.05, 3.63) is 53.6 Å². The van der Waals surface area contributed by atoms with Crippen molar-refractivity contribution < 1.29 is 14.2 Å². The Balaban J connectivity index is 0.00000420. The zero-order valence-corrected chi connectivity index (χ0v) is 20.4. The molecule has 7 heteroatoms. The van der Waals surface area contributed by atoms with Crippen LogP contribution in [0.4, 0.5) is 0 Å². The third-order valence-electron chi connectivity index (χ3n) is 4.68. The van der Waals surface area contributed by atoms with Gasteiger partial charge in [0.05, 0.1) is 21.3 Å². The SMILES string of the molecule is CN=C(NCc1cccc(OC)c1)NCC(C)(C)c1ccc(OC)c(OC)c1.I. The van der Waals surface area contributed by atoms with E-state index in [2.05, 4.69) is 41.6 Å². The number of aliphatic imine (C=N–C) groups is 1. The summed E-state index contributed by atoms with van der Waals surface area (Å²) >= 11 is 0.